The third-order valence-corrected chi connectivity index (χ3v) is 1.75. The van der Waals surface area contributed by atoms with Crippen LogP contribution in [0.25, 0.3) is 0 Å². The van der Waals surface area contributed by atoms with Gasteiger partial charge in [0, 0.05) is 0 Å². The van der Waals surface area contributed by atoms with Gasteiger partial charge in [-0.1, -0.05) is 12.1 Å². The van der Waals surface area contributed by atoms with Gasteiger partial charge in [-0.05, 0) is 26.0 Å². The maximum absolute atomic E-state index is 5.65. The normalized spacial score (nSPS) is 18.8. The molecule has 0 fully saturated rings. The van der Waals surface area contributed by atoms with Crippen LogP contribution >= 0.6 is 0 Å². The molecule has 0 saturated carbocycles. The average Bonchev–Trinajstić information content (AvgIpc) is 2.02. The van der Waals surface area contributed by atoms with E-state index in [2.05, 4.69) is 11.9 Å². The molecule has 1 aromatic rings. The quantitative estimate of drug-likeness (QED) is 0.630. The van der Waals surface area contributed by atoms with E-state index in [-0.39, 0.29) is 5.60 Å². The first kappa shape index (κ1) is 7.47. The predicted octanol–water partition coefficient (Wildman–Crippen LogP) is 2.31. The Morgan fingerprint density at radius 3 is 2.92 bits per heavy atom. The van der Waals surface area contributed by atoms with Crippen molar-refractivity contribution < 1.29 is 4.74 Å². The van der Waals surface area contributed by atoms with Gasteiger partial charge in [-0.25, -0.2) is 0 Å². The van der Waals surface area contributed by atoms with Crippen LogP contribution in [0, 0.1) is 6.54 Å². The van der Waals surface area contributed by atoms with Gasteiger partial charge in [0.2, 0.25) is 0 Å². The number of rotatable bonds is 0. The van der Waals surface area contributed by atoms with E-state index in [4.69, 9.17) is 4.74 Å². The Bertz CT molecular complexity index is 294. The number of hydrogen-bond donors (Lipinski definition) is 1. The van der Waals surface area contributed by atoms with Gasteiger partial charge in [-0.15, -0.1) is 0 Å². The third-order valence-electron chi connectivity index (χ3n) is 1.75. The van der Waals surface area contributed by atoms with Gasteiger partial charge < -0.3 is 10.1 Å². The highest BCUT2D eigenvalue weighted by Crippen LogP contribution is 2.33. The van der Waals surface area contributed by atoms with Gasteiger partial charge in [0.25, 0.3) is 0 Å². The second kappa shape index (κ2) is 2.41. The summed E-state index contributed by atoms with van der Waals surface area (Å²) in [6.45, 7) is 6.98. The van der Waals surface area contributed by atoms with Crippen molar-refractivity contribution in [2.45, 2.75) is 19.4 Å². The van der Waals surface area contributed by atoms with Gasteiger partial charge in [-0.3, -0.25) is 0 Å². The predicted molar refractivity (Wildman–Crippen MR) is 48.0 cm³/mol. The van der Waals surface area contributed by atoms with Crippen molar-refractivity contribution in [1.29, 1.82) is 0 Å². The summed E-state index contributed by atoms with van der Waals surface area (Å²) in [6.07, 6.45) is 0. The SMILES string of the molecule is CC1(C)[C]Nc2ccccc2O1. The van der Waals surface area contributed by atoms with Crippen LogP contribution < -0.4 is 10.1 Å². The summed E-state index contributed by atoms with van der Waals surface area (Å²) >= 11 is 0. The number of nitrogens with one attached hydrogen (secondary N) is 1. The molecule has 62 valence electrons. The Morgan fingerprint density at radius 1 is 1.33 bits per heavy atom. The molecule has 0 bridgehead atoms. The maximum atomic E-state index is 5.65. The third kappa shape index (κ3) is 1.24. The number of anilines is 1. The molecule has 2 radical (unpaired) electrons. The molecule has 12 heavy (non-hydrogen) atoms. The lowest BCUT2D eigenvalue weighted by Crippen LogP contribution is -2.35. The zero-order valence-corrected chi connectivity index (χ0v) is 7.22. The van der Waals surface area contributed by atoms with Gasteiger partial charge in [0.15, 0.2) is 0 Å². The molecule has 1 aliphatic rings. The van der Waals surface area contributed by atoms with Crippen molar-refractivity contribution in [1.82, 2.24) is 0 Å². The minimum Gasteiger partial charge on any atom is -0.483 e. The summed E-state index contributed by atoms with van der Waals surface area (Å²) in [7, 11) is 0. The van der Waals surface area contributed by atoms with Crippen LogP contribution in [-0.4, -0.2) is 5.60 Å². The van der Waals surface area contributed by atoms with Crippen LogP contribution in [0.1, 0.15) is 13.8 Å². The Morgan fingerprint density at radius 2 is 2.08 bits per heavy atom. The molecule has 0 aliphatic carbocycles. The molecule has 1 aromatic carbocycles. The second-order valence-corrected chi connectivity index (χ2v) is 3.36. The number of hydrogen-bond acceptors (Lipinski definition) is 2. The monoisotopic (exact) mass is 161 g/mol. The molecule has 2 heteroatoms. The maximum Gasteiger partial charge on any atom is 0.143 e. The zero-order chi connectivity index (χ0) is 8.60. The molecular formula is C10H11NO. The summed E-state index contributed by atoms with van der Waals surface area (Å²) in [5.41, 5.74) is 0.644. The van der Waals surface area contributed by atoms with Crippen molar-refractivity contribution >= 4 is 5.69 Å². The number of fused-ring (bicyclic) bond motifs is 1. The van der Waals surface area contributed by atoms with Gasteiger partial charge in [-0.2, -0.15) is 0 Å². The lowest BCUT2D eigenvalue weighted by atomic mass is 10.1. The zero-order valence-electron chi connectivity index (χ0n) is 7.22. The van der Waals surface area contributed by atoms with Crippen LogP contribution in [-0.2, 0) is 0 Å². The van der Waals surface area contributed by atoms with E-state index in [1.165, 1.54) is 0 Å². The molecule has 0 saturated heterocycles. The molecule has 1 aliphatic heterocycles. The Balaban J connectivity index is 2.35. The molecule has 0 aromatic heterocycles. The van der Waals surface area contributed by atoms with Gasteiger partial charge >= 0.3 is 0 Å². The molecular weight excluding hydrogens is 150 g/mol. The molecule has 0 spiro atoms. The van der Waals surface area contributed by atoms with E-state index in [1.54, 1.807) is 0 Å². The number of para-hydroxylation sites is 2. The van der Waals surface area contributed by atoms with Crippen molar-refractivity contribution in [3.63, 3.8) is 0 Å². The van der Waals surface area contributed by atoms with Crippen LogP contribution in [0.2, 0.25) is 0 Å². The topological polar surface area (TPSA) is 21.3 Å². The highest BCUT2D eigenvalue weighted by atomic mass is 16.5. The number of ether oxygens (including phenoxy) is 1. The average molecular weight is 161 g/mol. The van der Waals surface area contributed by atoms with Crippen molar-refractivity contribution in [3.05, 3.63) is 30.8 Å². The Kier molecular flexibility index (Phi) is 1.50. The van der Waals surface area contributed by atoms with Crippen molar-refractivity contribution in [2.24, 2.45) is 0 Å². The largest absolute Gasteiger partial charge is 0.483 e. The smallest absolute Gasteiger partial charge is 0.143 e. The van der Waals surface area contributed by atoms with Crippen molar-refractivity contribution in [2.75, 3.05) is 5.32 Å². The molecule has 1 N–H and O–H groups in total. The van der Waals surface area contributed by atoms with Crippen LogP contribution in [0.15, 0.2) is 24.3 Å². The van der Waals surface area contributed by atoms with E-state index in [0.29, 0.717) is 0 Å². The van der Waals surface area contributed by atoms with Crippen LogP contribution in [0.4, 0.5) is 5.69 Å². The van der Waals surface area contributed by atoms with E-state index in [1.807, 2.05) is 38.1 Å². The number of benzene rings is 1. The fourth-order valence-corrected chi connectivity index (χ4v) is 1.18. The lowest BCUT2D eigenvalue weighted by Gasteiger charge is -2.31. The molecule has 0 unspecified atom stereocenters. The highest BCUT2D eigenvalue weighted by Gasteiger charge is 2.26. The van der Waals surface area contributed by atoms with Crippen molar-refractivity contribution in [3.8, 4) is 5.75 Å². The van der Waals surface area contributed by atoms with Crippen LogP contribution in [0.3, 0.4) is 0 Å². The fraction of sp³-hybridized carbons (Fsp3) is 0.300. The summed E-state index contributed by atoms with van der Waals surface area (Å²) in [6, 6.07) is 7.85. The summed E-state index contributed by atoms with van der Waals surface area (Å²) in [5.74, 6) is 0.890. The first-order chi connectivity index (χ1) is 5.67. The molecule has 0 atom stereocenters. The van der Waals surface area contributed by atoms with E-state index < -0.39 is 0 Å². The Labute approximate surface area is 72.5 Å². The highest BCUT2D eigenvalue weighted by molar-refractivity contribution is 5.59. The summed E-state index contributed by atoms with van der Waals surface area (Å²) in [5, 5.41) is 3.08. The molecule has 2 rings (SSSR count). The Hall–Kier alpha value is -1.18. The summed E-state index contributed by atoms with van der Waals surface area (Å²) < 4.78 is 5.65. The van der Waals surface area contributed by atoms with E-state index in [0.717, 1.165) is 11.4 Å². The first-order valence-corrected chi connectivity index (χ1v) is 3.99. The first-order valence-electron chi connectivity index (χ1n) is 3.99. The summed E-state index contributed by atoms with van der Waals surface area (Å²) in [4.78, 5) is 0. The van der Waals surface area contributed by atoms with E-state index in [9.17, 15) is 0 Å². The fourth-order valence-electron chi connectivity index (χ4n) is 1.18. The lowest BCUT2D eigenvalue weighted by molar-refractivity contribution is 0.140. The van der Waals surface area contributed by atoms with Crippen LogP contribution in [0.5, 0.6) is 5.75 Å². The second-order valence-electron chi connectivity index (χ2n) is 3.36. The van der Waals surface area contributed by atoms with Gasteiger partial charge in [0.05, 0.1) is 5.69 Å². The minimum atomic E-state index is -0.339. The molecule has 2 nitrogen and oxygen atoms in total. The van der Waals surface area contributed by atoms with E-state index >= 15 is 0 Å². The minimum absolute atomic E-state index is 0.339. The molecule has 0 amide bonds. The molecule has 1 heterocycles. The standard InChI is InChI=1S/C10H11NO/c1-10(2)7-11-8-5-3-4-6-9(8)12-10/h3-6,11H,1-2H3. The van der Waals surface area contributed by atoms with Gasteiger partial charge in [0.1, 0.15) is 17.9 Å².